The lowest BCUT2D eigenvalue weighted by Crippen LogP contribution is -2.18. The van der Waals surface area contributed by atoms with Gasteiger partial charge in [0.25, 0.3) is 5.91 Å². The van der Waals surface area contributed by atoms with E-state index < -0.39 is 11.6 Å². The summed E-state index contributed by atoms with van der Waals surface area (Å²) < 4.78 is 32.3. The molecule has 0 aliphatic carbocycles. The van der Waals surface area contributed by atoms with Crippen LogP contribution in [0.15, 0.2) is 47.0 Å². The van der Waals surface area contributed by atoms with Crippen molar-refractivity contribution >= 4 is 17.5 Å². The van der Waals surface area contributed by atoms with Gasteiger partial charge in [0.05, 0.1) is 11.8 Å². The summed E-state index contributed by atoms with van der Waals surface area (Å²) in [5.74, 6) is -1.46. The van der Waals surface area contributed by atoms with Gasteiger partial charge in [0.1, 0.15) is 11.6 Å². The molecule has 2 amide bonds. The highest BCUT2D eigenvalue weighted by Gasteiger charge is 2.14. The Morgan fingerprint density at radius 3 is 2.62 bits per heavy atom. The Morgan fingerprint density at radius 2 is 1.93 bits per heavy atom. The molecule has 0 aliphatic heterocycles. The van der Waals surface area contributed by atoms with Crippen LogP contribution in [0.1, 0.15) is 28.2 Å². The Morgan fingerprint density at radius 1 is 1.14 bits per heavy atom. The molecule has 0 radical (unpaired) electrons. The Hall–Kier alpha value is -3.55. The van der Waals surface area contributed by atoms with Crippen LogP contribution in [0.5, 0.6) is 0 Å². The fourth-order valence-corrected chi connectivity index (χ4v) is 2.76. The van der Waals surface area contributed by atoms with Gasteiger partial charge in [-0.15, -0.1) is 0 Å². The highest BCUT2D eigenvalue weighted by Crippen LogP contribution is 2.24. The topological polar surface area (TPSA) is 84.2 Å². The first-order valence-electron chi connectivity index (χ1n) is 8.90. The molecule has 29 heavy (non-hydrogen) atoms. The van der Waals surface area contributed by atoms with E-state index >= 15 is 0 Å². The first kappa shape index (κ1) is 20.2. The molecule has 2 aromatic carbocycles. The van der Waals surface area contributed by atoms with Gasteiger partial charge in [-0.1, -0.05) is 0 Å². The third-order valence-electron chi connectivity index (χ3n) is 4.31. The minimum Gasteiger partial charge on any atom is -0.441 e. The summed E-state index contributed by atoms with van der Waals surface area (Å²) in [6.45, 7) is 1.79. The SMILES string of the molecule is CNC(=O)c1ccc(NC(=O)CCc2ncc(-c3ccc(F)cc3F)o2)c(C)c1. The largest absolute Gasteiger partial charge is 0.441 e. The summed E-state index contributed by atoms with van der Waals surface area (Å²) in [6.07, 6.45) is 1.65. The molecule has 1 heterocycles. The molecule has 0 unspecified atom stereocenters. The fourth-order valence-electron chi connectivity index (χ4n) is 2.76. The van der Waals surface area contributed by atoms with E-state index in [4.69, 9.17) is 4.42 Å². The van der Waals surface area contributed by atoms with Crippen molar-refractivity contribution < 1.29 is 22.8 Å². The average molecular weight is 399 g/mol. The number of benzene rings is 2. The van der Waals surface area contributed by atoms with E-state index in [0.717, 1.165) is 17.7 Å². The Labute approximate surface area is 166 Å². The van der Waals surface area contributed by atoms with Crippen molar-refractivity contribution in [3.8, 4) is 11.3 Å². The molecule has 0 spiro atoms. The smallest absolute Gasteiger partial charge is 0.251 e. The molecular weight excluding hydrogens is 380 g/mol. The molecule has 0 saturated heterocycles. The highest BCUT2D eigenvalue weighted by molar-refractivity contribution is 5.96. The van der Waals surface area contributed by atoms with Crippen molar-refractivity contribution in [1.29, 1.82) is 0 Å². The molecular formula is C21H19F2N3O3. The van der Waals surface area contributed by atoms with Crippen molar-refractivity contribution in [2.24, 2.45) is 0 Å². The van der Waals surface area contributed by atoms with E-state index in [0.29, 0.717) is 11.3 Å². The van der Waals surface area contributed by atoms with Crippen molar-refractivity contribution in [3.63, 3.8) is 0 Å². The van der Waals surface area contributed by atoms with E-state index in [1.165, 1.54) is 12.3 Å². The lowest BCUT2D eigenvalue weighted by Gasteiger charge is -2.09. The zero-order chi connectivity index (χ0) is 21.0. The quantitative estimate of drug-likeness (QED) is 0.659. The minimum atomic E-state index is -0.749. The number of nitrogens with zero attached hydrogens (tertiary/aromatic N) is 1. The number of hydrogen-bond acceptors (Lipinski definition) is 4. The van der Waals surface area contributed by atoms with E-state index in [-0.39, 0.29) is 41.9 Å². The summed E-state index contributed by atoms with van der Waals surface area (Å²) in [6, 6.07) is 8.14. The van der Waals surface area contributed by atoms with Gasteiger partial charge in [0.2, 0.25) is 5.91 Å². The Bertz CT molecular complexity index is 1060. The minimum absolute atomic E-state index is 0.0985. The average Bonchev–Trinajstić information content (AvgIpc) is 3.16. The van der Waals surface area contributed by atoms with E-state index in [1.807, 2.05) is 0 Å². The first-order valence-corrected chi connectivity index (χ1v) is 8.90. The molecule has 0 bridgehead atoms. The van der Waals surface area contributed by atoms with E-state index in [2.05, 4.69) is 15.6 Å². The monoisotopic (exact) mass is 399 g/mol. The fraction of sp³-hybridized carbons (Fsp3) is 0.190. The molecule has 0 aliphatic rings. The zero-order valence-corrected chi connectivity index (χ0v) is 15.9. The maximum absolute atomic E-state index is 13.8. The number of oxazole rings is 1. The number of halogens is 2. The van der Waals surface area contributed by atoms with Gasteiger partial charge in [0, 0.05) is 37.2 Å². The normalized spacial score (nSPS) is 10.6. The number of nitrogens with one attached hydrogen (secondary N) is 2. The Kier molecular flexibility index (Phi) is 6.01. The number of aryl methyl sites for hydroxylation is 2. The van der Waals surface area contributed by atoms with Crippen LogP contribution in [0, 0.1) is 18.6 Å². The molecule has 0 atom stereocenters. The van der Waals surface area contributed by atoms with Gasteiger partial charge in [-0.25, -0.2) is 13.8 Å². The number of carbonyl (C=O) groups excluding carboxylic acids is 2. The van der Waals surface area contributed by atoms with E-state index in [9.17, 15) is 18.4 Å². The second kappa shape index (κ2) is 8.64. The highest BCUT2D eigenvalue weighted by atomic mass is 19.1. The van der Waals surface area contributed by atoms with E-state index in [1.54, 1.807) is 32.2 Å². The number of aromatic nitrogens is 1. The Balaban J connectivity index is 1.60. The summed E-state index contributed by atoms with van der Waals surface area (Å²) in [5.41, 5.74) is 1.96. The van der Waals surface area contributed by atoms with Crippen LogP contribution in [-0.2, 0) is 11.2 Å². The molecule has 150 valence electrons. The molecule has 3 aromatic rings. The number of anilines is 1. The van der Waals surface area contributed by atoms with Crippen molar-refractivity contribution in [2.75, 3.05) is 12.4 Å². The summed E-state index contributed by atoms with van der Waals surface area (Å²) >= 11 is 0. The van der Waals surface area contributed by atoms with Crippen molar-refractivity contribution in [2.45, 2.75) is 19.8 Å². The predicted octanol–water partition coefficient (Wildman–Crippen LogP) is 3.86. The van der Waals surface area contributed by atoms with Gasteiger partial charge < -0.3 is 15.1 Å². The van der Waals surface area contributed by atoms with Gasteiger partial charge in [-0.05, 0) is 42.8 Å². The third-order valence-corrected chi connectivity index (χ3v) is 4.31. The first-order chi connectivity index (χ1) is 13.9. The number of rotatable bonds is 6. The van der Waals surface area contributed by atoms with Gasteiger partial charge >= 0.3 is 0 Å². The van der Waals surface area contributed by atoms with Crippen molar-refractivity contribution in [1.82, 2.24) is 10.3 Å². The second-order valence-corrected chi connectivity index (χ2v) is 6.40. The number of hydrogen-bond donors (Lipinski definition) is 2. The standard InChI is InChI=1S/C21H19F2N3O3/c1-12-9-13(21(28)24-2)3-6-17(12)26-19(27)7-8-20-25-11-18(29-20)15-5-4-14(22)10-16(15)23/h3-6,9-11H,7-8H2,1-2H3,(H,24,28)(H,26,27). The van der Waals surface area contributed by atoms with Crippen LogP contribution >= 0.6 is 0 Å². The van der Waals surface area contributed by atoms with Gasteiger partial charge in [0.15, 0.2) is 11.7 Å². The zero-order valence-electron chi connectivity index (χ0n) is 15.9. The predicted molar refractivity (Wildman–Crippen MR) is 103 cm³/mol. The third kappa shape index (κ3) is 4.84. The lowest BCUT2D eigenvalue weighted by molar-refractivity contribution is -0.116. The molecule has 8 heteroatoms. The molecule has 6 nitrogen and oxygen atoms in total. The molecule has 2 N–H and O–H groups in total. The molecule has 3 rings (SSSR count). The molecule has 0 fully saturated rings. The number of carbonyl (C=O) groups is 2. The van der Waals surface area contributed by atoms with Crippen LogP contribution in [-0.4, -0.2) is 23.8 Å². The van der Waals surface area contributed by atoms with Crippen LogP contribution < -0.4 is 10.6 Å². The number of amides is 2. The van der Waals surface area contributed by atoms with Crippen LogP contribution in [0.4, 0.5) is 14.5 Å². The molecule has 0 saturated carbocycles. The summed E-state index contributed by atoms with van der Waals surface area (Å²) in [4.78, 5) is 27.9. The summed E-state index contributed by atoms with van der Waals surface area (Å²) in [7, 11) is 1.55. The van der Waals surface area contributed by atoms with Crippen LogP contribution in [0.2, 0.25) is 0 Å². The van der Waals surface area contributed by atoms with Crippen molar-refractivity contribution in [3.05, 3.63) is 71.2 Å². The second-order valence-electron chi connectivity index (χ2n) is 6.40. The molecule has 1 aromatic heterocycles. The van der Waals surface area contributed by atoms with Crippen LogP contribution in [0.25, 0.3) is 11.3 Å². The maximum Gasteiger partial charge on any atom is 0.251 e. The summed E-state index contributed by atoms with van der Waals surface area (Å²) in [5, 5.41) is 5.32. The maximum atomic E-state index is 13.8. The van der Waals surface area contributed by atoms with Crippen LogP contribution in [0.3, 0.4) is 0 Å². The lowest BCUT2D eigenvalue weighted by atomic mass is 10.1. The van der Waals surface area contributed by atoms with Gasteiger partial charge in [-0.3, -0.25) is 9.59 Å². The van der Waals surface area contributed by atoms with Gasteiger partial charge in [-0.2, -0.15) is 0 Å².